The van der Waals surface area contributed by atoms with Crippen molar-refractivity contribution in [1.29, 1.82) is 0 Å². The van der Waals surface area contributed by atoms with Gasteiger partial charge in [-0.1, -0.05) is 54.4 Å². The Morgan fingerprint density at radius 3 is 2.20 bits per heavy atom. The molecule has 3 N–H and O–H groups in total. The van der Waals surface area contributed by atoms with Crippen LogP contribution in [0.2, 0.25) is 5.02 Å². The van der Waals surface area contributed by atoms with E-state index in [-0.39, 0.29) is 17.1 Å². The Labute approximate surface area is 447 Å². The van der Waals surface area contributed by atoms with Gasteiger partial charge in [-0.2, -0.15) is 13.2 Å². The number of carboxylic acid groups (broad SMARTS) is 1. The normalized spacial score (nSPS) is 21.2. The van der Waals surface area contributed by atoms with Crippen LogP contribution >= 0.6 is 23.4 Å². The molecule has 75 heavy (non-hydrogen) atoms. The largest absolute Gasteiger partial charge is 0.501 e. The molecule has 0 bridgehead atoms. The van der Waals surface area contributed by atoms with Crippen LogP contribution in [0.5, 0.6) is 0 Å². The van der Waals surface area contributed by atoms with Crippen LogP contribution in [-0.4, -0.2) is 169 Å². The first-order valence-electron chi connectivity index (χ1n) is 25.2. The zero-order chi connectivity index (χ0) is 53.5. The van der Waals surface area contributed by atoms with Crippen molar-refractivity contribution in [3.63, 3.8) is 0 Å². The Kier molecular flexibility index (Phi) is 18.2. The highest BCUT2D eigenvalue weighted by Crippen LogP contribution is 2.44. The van der Waals surface area contributed by atoms with Crippen LogP contribution in [0.4, 0.5) is 29.3 Å². The Morgan fingerprint density at radius 1 is 0.867 bits per heavy atom. The van der Waals surface area contributed by atoms with Gasteiger partial charge < -0.3 is 25.0 Å². The Hall–Kier alpha value is -4.87. The van der Waals surface area contributed by atoms with Gasteiger partial charge in [-0.05, 0) is 116 Å². The summed E-state index contributed by atoms with van der Waals surface area (Å²) in [7, 11) is -11.0. The van der Waals surface area contributed by atoms with Crippen LogP contribution in [0.3, 0.4) is 0 Å². The lowest BCUT2D eigenvalue weighted by molar-refractivity contribution is -0.0436. The molecular formula is C53H65ClF3N7O8S3. The SMILES string of the molecule is CC1CN(CCC(CSc2ccccc2)Nc2ccc(S(=O)(=O)NC(=O)c3ccc(N4CCN(CC5=C(c6ccc(Cl)cc6)CC[C@@](C)(CN6CCN(C(=O)O)CC6)C5)CC4)cc3)cc2S(=O)(=O)C(F)(F)F)CCO1. The summed E-state index contributed by atoms with van der Waals surface area (Å²) >= 11 is 7.72. The smallest absolute Gasteiger partial charge is 0.465 e. The number of ether oxygens (including phenoxy) is 1. The summed E-state index contributed by atoms with van der Waals surface area (Å²) in [6, 6.07) is 25.6. The van der Waals surface area contributed by atoms with Crippen molar-refractivity contribution < 1.29 is 49.4 Å². The molecule has 3 atom stereocenters. The van der Waals surface area contributed by atoms with Gasteiger partial charge >= 0.3 is 11.6 Å². The van der Waals surface area contributed by atoms with Gasteiger partial charge in [0.25, 0.3) is 25.8 Å². The molecule has 3 fully saturated rings. The Morgan fingerprint density at radius 2 is 1.55 bits per heavy atom. The van der Waals surface area contributed by atoms with E-state index in [9.17, 15) is 44.7 Å². The molecule has 4 aromatic rings. The highest BCUT2D eigenvalue weighted by Gasteiger charge is 2.48. The first-order chi connectivity index (χ1) is 35.6. The highest BCUT2D eigenvalue weighted by molar-refractivity contribution is 7.99. The van der Waals surface area contributed by atoms with E-state index in [1.165, 1.54) is 39.9 Å². The van der Waals surface area contributed by atoms with Gasteiger partial charge in [-0.3, -0.25) is 19.5 Å². The van der Waals surface area contributed by atoms with E-state index in [1.807, 2.05) is 54.1 Å². The van der Waals surface area contributed by atoms with Crippen molar-refractivity contribution >= 4 is 72.2 Å². The summed E-state index contributed by atoms with van der Waals surface area (Å²) in [5, 5.41) is 13.1. The minimum atomic E-state index is -6.09. The number of carbonyl (C=O) groups excluding carboxylic acids is 1. The molecule has 4 aliphatic rings. The maximum atomic E-state index is 14.3. The van der Waals surface area contributed by atoms with Crippen LogP contribution in [0, 0.1) is 5.41 Å². The predicted molar refractivity (Wildman–Crippen MR) is 287 cm³/mol. The number of carbonyl (C=O) groups is 2. The number of benzene rings is 4. The molecule has 8 rings (SSSR count). The van der Waals surface area contributed by atoms with E-state index in [1.54, 1.807) is 12.1 Å². The molecule has 0 spiro atoms. The number of halogens is 4. The number of allylic oxidation sites excluding steroid dienone is 1. The van der Waals surface area contributed by atoms with Crippen LogP contribution in [-0.2, 0) is 24.6 Å². The first-order valence-corrected chi connectivity index (χ1v) is 29.5. The number of hydrogen-bond acceptors (Lipinski definition) is 13. The third-order valence-electron chi connectivity index (χ3n) is 14.5. The van der Waals surface area contributed by atoms with Gasteiger partial charge in [-0.25, -0.2) is 26.4 Å². The molecule has 22 heteroatoms. The van der Waals surface area contributed by atoms with Crippen molar-refractivity contribution in [3.05, 3.63) is 119 Å². The lowest BCUT2D eigenvalue weighted by atomic mass is 9.71. The molecule has 1 aliphatic carbocycles. The lowest BCUT2D eigenvalue weighted by Gasteiger charge is -2.44. The second-order valence-corrected chi connectivity index (χ2v) is 25.3. The van der Waals surface area contributed by atoms with Gasteiger partial charge in [0.15, 0.2) is 0 Å². The fourth-order valence-corrected chi connectivity index (χ4v) is 13.6. The highest BCUT2D eigenvalue weighted by atomic mass is 35.5. The number of anilines is 2. The van der Waals surface area contributed by atoms with Gasteiger partial charge in [0.2, 0.25) is 0 Å². The number of hydrogen-bond donors (Lipinski definition) is 3. The van der Waals surface area contributed by atoms with E-state index in [0.717, 1.165) is 73.7 Å². The number of amides is 2. The topological polar surface area (TPSA) is 172 Å². The number of morpholine rings is 1. The molecule has 2 amide bonds. The zero-order valence-corrected chi connectivity index (χ0v) is 45.3. The number of nitrogens with one attached hydrogen (secondary N) is 2. The lowest BCUT2D eigenvalue weighted by Crippen LogP contribution is -2.51. The van der Waals surface area contributed by atoms with Gasteiger partial charge in [0.05, 0.1) is 23.3 Å². The summed E-state index contributed by atoms with van der Waals surface area (Å²) in [5.74, 6) is -0.693. The second kappa shape index (κ2) is 24.2. The van der Waals surface area contributed by atoms with Crippen LogP contribution in [0.15, 0.2) is 117 Å². The monoisotopic (exact) mass is 1120 g/mol. The minimum Gasteiger partial charge on any atom is -0.465 e. The summed E-state index contributed by atoms with van der Waals surface area (Å²) in [6.07, 6.45) is 2.37. The summed E-state index contributed by atoms with van der Waals surface area (Å²) in [4.78, 5) is 34.5. The number of piperazine rings is 2. The van der Waals surface area contributed by atoms with E-state index in [0.29, 0.717) is 88.8 Å². The number of sulfonamides is 1. The fraction of sp³-hybridized carbons (Fsp3) is 0.472. The Balaban J connectivity index is 0.915. The maximum absolute atomic E-state index is 14.3. The quantitative estimate of drug-likeness (QED) is 0.0810. The molecule has 3 heterocycles. The average Bonchev–Trinajstić information content (AvgIpc) is 3.38. The minimum absolute atomic E-state index is 0.00414. The molecule has 0 radical (unpaired) electrons. The molecular weight excluding hydrogens is 1050 g/mol. The van der Waals surface area contributed by atoms with Crippen molar-refractivity contribution in [2.24, 2.45) is 5.41 Å². The molecule has 3 aliphatic heterocycles. The average molecular weight is 1120 g/mol. The molecule has 0 aromatic heterocycles. The van der Waals surface area contributed by atoms with Gasteiger partial charge in [-0.15, -0.1) is 11.8 Å². The van der Waals surface area contributed by atoms with E-state index < -0.39 is 58.9 Å². The third kappa shape index (κ3) is 14.6. The van der Waals surface area contributed by atoms with E-state index in [2.05, 4.69) is 44.0 Å². The molecule has 406 valence electrons. The van der Waals surface area contributed by atoms with E-state index in [4.69, 9.17) is 16.3 Å². The molecule has 0 saturated carbocycles. The van der Waals surface area contributed by atoms with Gasteiger partial charge in [0.1, 0.15) is 4.90 Å². The van der Waals surface area contributed by atoms with Crippen LogP contribution in [0.1, 0.15) is 55.5 Å². The van der Waals surface area contributed by atoms with Crippen molar-refractivity contribution in [2.45, 2.75) is 71.9 Å². The fourth-order valence-electron chi connectivity index (χ4n) is 10.4. The standard InChI is InChI=1S/C53H65ClF3N7O8S3/c1-38-34-60(30-31-72-38)21-19-43(36-73-45-6-4-3-5-7-45)58-48-17-16-46(32-49(48)74(68,69)53(55,56)57)75(70,71)59-50(65)40-10-14-44(15-11-40)63-26-22-61(23-27-63)35-41-33-52(2,37-62-24-28-64(29-25-62)51(66)67)20-18-47(41)39-8-12-42(54)13-9-39/h3-17,32,38,43,58H,18-31,33-37H2,1-2H3,(H,59,65)(H,66,67)/t38?,43?,52-/m1/s1. The zero-order valence-electron chi connectivity index (χ0n) is 42.1. The summed E-state index contributed by atoms with van der Waals surface area (Å²) in [6.45, 7) is 13.6. The molecule has 4 aromatic carbocycles. The van der Waals surface area contributed by atoms with Crippen LogP contribution in [0.25, 0.3) is 5.57 Å². The summed E-state index contributed by atoms with van der Waals surface area (Å²) in [5.41, 5.74) is -1.50. The molecule has 2 unspecified atom stereocenters. The third-order valence-corrected chi connectivity index (χ3v) is 18.8. The van der Waals surface area contributed by atoms with E-state index >= 15 is 0 Å². The number of alkyl halides is 3. The number of nitrogens with zero attached hydrogens (tertiary/aromatic N) is 5. The van der Waals surface area contributed by atoms with Crippen molar-refractivity contribution in [1.82, 2.24) is 24.3 Å². The first kappa shape index (κ1) is 56.3. The summed E-state index contributed by atoms with van der Waals surface area (Å²) < 4.78 is 104. The predicted octanol–water partition coefficient (Wildman–Crippen LogP) is 8.50. The van der Waals surface area contributed by atoms with Crippen LogP contribution < -0.4 is 14.9 Å². The van der Waals surface area contributed by atoms with Gasteiger partial charge in [0, 0.05) is 118 Å². The number of sulfone groups is 1. The number of rotatable bonds is 18. The second-order valence-electron chi connectivity index (χ2n) is 20.2. The Bertz CT molecular complexity index is 2890. The number of thioether (sulfide) groups is 1. The molecule has 3 saturated heterocycles. The van der Waals surface area contributed by atoms with Crippen molar-refractivity contribution in [3.8, 4) is 0 Å². The van der Waals surface area contributed by atoms with Crippen molar-refractivity contribution in [2.75, 3.05) is 108 Å². The maximum Gasteiger partial charge on any atom is 0.501 e. The molecule has 15 nitrogen and oxygen atoms in total.